The molecule has 1 aromatic rings. The van der Waals surface area contributed by atoms with Gasteiger partial charge >= 0.3 is 6.09 Å². The molecule has 1 aromatic carbocycles. The number of hydrogen-bond donors (Lipinski definition) is 1. The Hall–Kier alpha value is -2.44. The first-order chi connectivity index (χ1) is 13.4. The number of methoxy groups -OCH3 is 2. The van der Waals surface area contributed by atoms with E-state index in [0.29, 0.717) is 24.6 Å². The van der Waals surface area contributed by atoms with Crippen LogP contribution in [-0.2, 0) is 4.74 Å². The van der Waals surface area contributed by atoms with Gasteiger partial charge in [0.25, 0.3) is 0 Å². The van der Waals surface area contributed by atoms with Crippen molar-refractivity contribution in [2.45, 2.75) is 51.6 Å². The maximum atomic E-state index is 12.1. The summed E-state index contributed by atoms with van der Waals surface area (Å²) in [6, 6.07) is 5.91. The molecule has 3 rings (SSSR count). The third-order valence-electron chi connectivity index (χ3n) is 6.29. The minimum atomic E-state index is -0.512. The normalized spacial score (nSPS) is 25.8. The molecule has 1 saturated heterocycles. The van der Waals surface area contributed by atoms with Crippen LogP contribution in [0.15, 0.2) is 23.4 Å². The summed E-state index contributed by atoms with van der Waals surface area (Å²) in [6.45, 7) is 4.70. The van der Waals surface area contributed by atoms with Crippen LogP contribution in [0.4, 0.5) is 4.79 Å². The number of rotatable bonds is 5. The topological polar surface area (TPSA) is 80.6 Å². The maximum Gasteiger partial charge on any atom is 0.409 e. The Morgan fingerprint density at radius 2 is 1.96 bits per heavy atom. The standard InChI is InChI=1S/C21H30N2O5/c1-14(22-25)21(2)13-23(20(24)27-4)12-17(21)15-9-10-18(26-3)19(11-15)28-16-7-5-6-8-16/h9-11,16-17,25H,5-8,12-13H2,1-4H3/b22-14-. The summed E-state index contributed by atoms with van der Waals surface area (Å²) in [5, 5.41) is 12.9. The number of ether oxygens (including phenoxy) is 3. The Labute approximate surface area is 166 Å². The number of hydrogen-bond acceptors (Lipinski definition) is 6. The highest BCUT2D eigenvalue weighted by molar-refractivity contribution is 5.89. The molecular formula is C21H30N2O5. The van der Waals surface area contributed by atoms with E-state index in [1.807, 2.05) is 25.1 Å². The number of amides is 1. The van der Waals surface area contributed by atoms with Gasteiger partial charge in [-0.2, -0.15) is 0 Å². The highest BCUT2D eigenvalue weighted by atomic mass is 16.5. The van der Waals surface area contributed by atoms with E-state index in [2.05, 4.69) is 5.16 Å². The van der Waals surface area contributed by atoms with Crippen LogP contribution < -0.4 is 9.47 Å². The lowest BCUT2D eigenvalue weighted by molar-refractivity contribution is 0.130. The molecule has 1 heterocycles. The van der Waals surface area contributed by atoms with Gasteiger partial charge in [-0.25, -0.2) is 4.79 Å². The molecule has 2 unspecified atom stereocenters. The van der Waals surface area contributed by atoms with Gasteiger partial charge in [0.15, 0.2) is 11.5 Å². The van der Waals surface area contributed by atoms with E-state index in [9.17, 15) is 10.0 Å². The third kappa shape index (κ3) is 3.75. The number of likely N-dealkylation sites (tertiary alicyclic amines) is 1. The average Bonchev–Trinajstić information content (AvgIpc) is 3.35. The van der Waals surface area contributed by atoms with Gasteiger partial charge in [-0.3, -0.25) is 0 Å². The molecule has 7 nitrogen and oxygen atoms in total. The molecule has 1 N–H and O–H groups in total. The number of benzene rings is 1. The summed E-state index contributed by atoms with van der Waals surface area (Å²) in [5.41, 5.74) is 1.09. The monoisotopic (exact) mass is 390 g/mol. The first-order valence-corrected chi connectivity index (χ1v) is 9.79. The van der Waals surface area contributed by atoms with E-state index in [1.54, 1.807) is 18.9 Å². The highest BCUT2D eigenvalue weighted by Crippen LogP contribution is 2.46. The molecule has 1 aliphatic heterocycles. The first-order valence-electron chi connectivity index (χ1n) is 9.79. The third-order valence-corrected chi connectivity index (χ3v) is 6.29. The quantitative estimate of drug-likeness (QED) is 0.466. The van der Waals surface area contributed by atoms with Gasteiger partial charge < -0.3 is 24.3 Å². The Morgan fingerprint density at radius 1 is 1.25 bits per heavy atom. The molecular weight excluding hydrogens is 360 g/mol. The molecule has 0 spiro atoms. The smallest absolute Gasteiger partial charge is 0.409 e. The highest BCUT2D eigenvalue weighted by Gasteiger charge is 2.48. The summed E-state index contributed by atoms with van der Waals surface area (Å²) in [6.07, 6.45) is 4.32. The summed E-state index contributed by atoms with van der Waals surface area (Å²) in [5.74, 6) is 1.37. The lowest BCUT2D eigenvalue weighted by Gasteiger charge is -2.30. The predicted molar refractivity (Wildman–Crippen MR) is 106 cm³/mol. The van der Waals surface area contributed by atoms with E-state index in [-0.39, 0.29) is 18.1 Å². The zero-order valence-electron chi connectivity index (χ0n) is 17.1. The molecule has 2 atom stereocenters. The fraction of sp³-hybridized carbons (Fsp3) is 0.619. The second kappa shape index (κ2) is 8.29. The van der Waals surface area contributed by atoms with Gasteiger partial charge in [0.2, 0.25) is 0 Å². The van der Waals surface area contributed by atoms with Crippen molar-refractivity contribution in [1.29, 1.82) is 0 Å². The number of carbonyl (C=O) groups excluding carboxylic acids is 1. The van der Waals surface area contributed by atoms with Crippen LogP contribution >= 0.6 is 0 Å². The fourth-order valence-electron chi connectivity index (χ4n) is 4.40. The predicted octanol–water partition coefficient (Wildman–Crippen LogP) is 4.04. The molecule has 2 aliphatic rings. The van der Waals surface area contributed by atoms with Crippen molar-refractivity contribution in [2.75, 3.05) is 27.3 Å². The van der Waals surface area contributed by atoms with E-state index >= 15 is 0 Å². The number of oxime groups is 1. The van der Waals surface area contributed by atoms with Gasteiger partial charge in [-0.05, 0) is 50.3 Å². The lowest BCUT2D eigenvalue weighted by atomic mass is 9.73. The molecule has 1 aliphatic carbocycles. The van der Waals surface area contributed by atoms with E-state index in [1.165, 1.54) is 20.0 Å². The van der Waals surface area contributed by atoms with Crippen LogP contribution in [-0.4, -0.2) is 55.3 Å². The molecule has 0 bridgehead atoms. The molecule has 0 aromatic heterocycles. The van der Waals surface area contributed by atoms with Crippen LogP contribution in [0.2, 0.25) is 0 Å². The van der Waals surface area contributed by atoms with Gasteiger partial charge in [-0.15, -0.1) is 0 Å². The molecule has 154 valence electrons. The zero-order chi connectivity index (χ0) is 20.3. The van der Waals surface area contributed by atoms with Crippen molar-refractivity contribution in [2.24, 2.45) is 10.6 Å². The van der Waals surface area contributed by atoms with Crippen molar-refractivity contribution < 1.29 is 24.2 Å². The fourth-order valence-corrected chi connectivity index (χ4v) is 4.40. The van der Waals surface area contributed by atoms with Crippen LogP contribution in [0.25, 0.3) is 0 Å². The minimum absolute atomic E-state index is 0.0562. The van der Waals surface area contributed by atoms with Gasteiger partial charge in [0.05, 0.1) is 26.0 Å². The van der Waals surface area contributed by atoms with Crippen LogP contribution in [0.3, 0.4) is 0 Å². The molecule has 2 fully saturated rings. The Balaban J connectivity index is 1.95. The van der Waals surface area contributed by atoms with Crippen LogP contribution in [0.1, 0.15) is 51.0 Å². The SMILES string of the molecule is COC(=O)N1CC(c2ccc(OC)c(OC3CCCC3)c2)C(C)(/C(C)=N\O)C1. The van der Waals surface area contributed by atoms with E-state index in [0.717, 1.165) is 24.2 Å². The van der Waals surface area contributed by atoms with Crippen LogP contribution in [0, 0.1) is 5.41 Å². The summed E-state index contributed by atoms with van der Waals surface area (Å²) in [4.78, 5) is 13.8. The van der Waals surface area contributed by atoms with Gasteiger partial charge in [-0.1, -0.05) is 18.1 Å². The van der Waals surface area contributed by atoms with Crippen molar-refractivity contribution >= 4 is 11.8 Å². The maximum absolute atomic E-state index is 12.1. The van der Waals surface area contributed by atoms with Crippen molar-refractivity contribution in [1.82, 2.24) is 4.90 Å². The van der Waals surface area contributed by atoms with E-state index in [4.69, 9.17) is 14.2 Å². The first kappa shape index (κ1) is 20.3. The summed E-state index contributed by atoms with van der Waals surface area (Å²) >= 11 is 0. The minimum Gasteiger partial charge on any atom is -0.493 e. The largest absolute Gasteiger partial charge is 0.493 e. The van der Waals surface area contributed by atoms with Gasteiger partial charge in [0, 0.05) is 24.4 Å². The van der Waals surface area contributed by atoms with Gasteiger partial charge in [0.1, 0.15) is 0 Å². The Morgan fingerprint density at radius 3 is 2.57 bits per heavy atom. The molecule has 7 heteroatoms. The molecule has 28 heavy (non-hydrogen) atoms. The zero-order valence-corrected chi connectivity index (χ0v) is 17.1. The Kier molecular flexibility index (Phi) is 6.01. The molecule has 0 radical (unpaired) electrons. The summed E-state index contributed by atoms with van der Waals surface area (Å²) < 4.78 is 16.6. The Bertz CT molecular complexity index is 744. The average molecular weight is 390 g/mol. The van der Waals surface area contributed by atoms with Crippen molar-refractivity contribution in [3.8, 4) is 11.5 Å². The van der Waals surface area contributed by atoms with Crippen LogP contribution in [0.5, 0.6) is 11.5 Å². The van der Waals surface area contributed by atoms with Crippen molar-refractivity contribution in [3.63, 3.8) is 0 Å². The number of carbonyl (C=O) groups is 1. The second-order valence-electron chi connectivity index (χ2n) is 7.94. The van der Waals surface area contributed by atoms with E-state index < -0.39 is 5.41 Å². The molecule has 1 saturated carbocycles. The molecule has 1 amide bonds. The lowest BCUT2D eigenvalue weighted by Crippen LogP contribution is -2.35. The number of nitrogens with zero attached hydrogens (tertiary/aromatic N) is 2. The summed E-state index contributed by atoms with van der Waals surface area (Å²) in [7, 11) is 3.01. The second-order valence-corrected chi connectivity index (χ2v) is 7.94. The van der Waals surface area contributed by atoms with Crippen molar-refractivity contribution in [3.05, 3.63) is 23.8 Å².